The van der Waals surface area contributed by atoms with E-state index in [1.54, 1.807) is 6.92 Å². The molecule has 1 aromatic rings. The number of nitrogens with zero attached hydrogens (tertiary/aromatic N) is 1. The van der Waals surface area contributed by atoms with Gasteiger partial charge in [0.1, 0.15) is 0 Å². The summed E-state index contributed by atoms with van der Waals surface area (Å²) in [6.07, 6.45) is 1.49. The highest BCUT2D eigenvalue weighted by Crippen LogP contribution is 2.27. The first-order chi connectivity index (χ1) is 9.81. The molecule has 0 heterocycles. The maximum atomic E-state index is 12.3. The van der Waals surface area contributed by atoms with Gasteiger partial charge in [0.25, 0.3) is 5.69 Å². The van der Waals surface area contributed by atoms with Crippen LogP contribution in [0.2, 0.25) is 0 Å². The lowest BCUT2D eigenvalue weighted by Crippen LogP contribution is -2.32. The second-order valence-corrected chi connectivity index (χ2v) is 6.46. The smallest absolute Gasteiger partial charge is 0.291 e. The summed E-state index contributed by atoms with van der Waals surface area (Å²) in [4.78, 5) is 10.1. The van der Waals surface area contributed by atoms with Crippen LogP contribution in [-0.4, -0.2) is 25.9 Å². The first-order valence-electron chi connectivity index (χ1n) is 6.86. The van der Waals surface area contributed by atoms with Gasteiger partial charge < -0.3 is 5.32 Å². The topological polar surface area (TPSA) is 101 Å². The van der Waals surface area contributed by atoms with E-state index in [1.807, 2.05) is 13.8 Å². The summed E-state index contributed by atoms with van der Waals surface area (Å²) >= 11 is 0. The lowest BCUT2D eigenvalue weighted by atomic mass is 10.2. The van der Waals surface area contributed by atoms with Gasteiger partial charge >= 0.3 is 0 Å². The summed E-state index contributed by atoms with van der Waals surface area (Å²) in [5.41, 5.74) is 0.0920. The SMILES string of the molecule is CCCC(C)NS(=O)(=O)c1ccc(NCC)cc1[N+](=O)[O-]. The van der Waals surface area contributed by atoms with Crippen LogP contribution < -0.4 is 10.0 Å². The summed E-state index contributed by atoms with van der Waals surface area (Å²) < 4.78 is 27.0. The Morgan fingerprint density at radius 1 is 1.33 bits per heavy atom. The number of nitro groups is 1. The van der Waals surface area contributed by atoms with Gasteiger partial charge in [-0.15, -0.1) is 0 Å². The summed E-state index contributed by atoms with van der Waals surface area (Å²) in [7, 11) is -3.91. The maximum absolute atomic E-state index is 12.3. The monoisotopic (exact) mass is 315 g/mol. The molecule has 1 aromatic carbocycles. The van der Waals surface area contributed by atoms with Crippen LogP contribution in [0.4, 0.5) is 11.4 Å². The Morgan fingerprint density at radius 2 is 2.00 bits per heavy atom. The van der Waals surface area contributed by atoms with E-state index in [-0.39, 0.29) is 10.9 Å². The fraction of sp³-hybridized carbons (Fsp3) is 0.538. The molecular weight excluding hydrogens is 294 g/mol. The van der Waals surface area contributed by atoms with Gasteiger partial charge in [0.15, 0.2) is 4.90 Å². The van der Waals surface area contributed by atoms with Gasteiger partial charge in [0.05, 0.1) is 4.92 Å². The molecule has 0 spiro atoms. The third-order valence-electron chi connectivity index (χ3n) is 2.90. The molecule has 0 amide bonds. The Morgan fingerprint density at radius 3 is 2.52 bits per heavy atom. The van der Waals surface area contributed by atoms with Crippen molar-refractivity contribution in [3.63, 3.8) is 0 Å². The van der Waals surface area contributed by atoms with Crippen LogP contribution in [0.5, 0.6) is 0 Å². The molecular formula is C13H21N3O4S. The number of sulfonamides is 1. The Labute approximate surface area is 124 Å². The maximum Gasteiger partial charge on any atom is 0.291 e. The van der Waals surface area contributed by atoms with E-state index in [1.165, 1.54) is 18.2 Å². The molecule has 0 bridgehead atoms. The predicted molar refractivity (Wildman–Crippen MR) is 82.0 cm³/mol. The van der Waals surface area contributed by atoms with Crippen LogP contribution in [0, 0.1) is 10.1 Å². The summed E-state index contributed by atoms with van der Waals surface area (Å²) in [6.45, 7) is 6.12. The third kappa shape index (κ3) is 4.68. The van der Waals surface area contributed by atoms with Gasteiger partial charge in [-0.3, -0.25) is 10.1 Å². The summed E-state index contributed by atoms with van der Waals surface area (Å²) in [5.74, 6) is 0. The highest BCUT2D eigenvalue weighted by Gasteiger charge is 2.27. The lowest BCUT2D eigenvalue weighted by molar-refractivity contribution is -0.387. The predicted octanol–water partition coefficient (Wildman–Crippen LogP) is 2.49. The number of rotatable bonds is 8. The molecule has 0 radical (unpaired) electrons. The highest BCUT2D eigenvalue weighted by molar-refractivity contribution is 7.89. The molecule has 2 N–H and O–H groups in total. The minimum absolute atomic E-state index is 0.270. The first kappa shape index (κ1) is 17.4. The molecule has 0 saturated heterocycles. The van der Waals surface area contributed by atoms with Crippen LogP contribution in [0.15, 0.2) is 23.1 Å². The van der Waals surface area contributed by atoms with Crippen LogP contribution in [0.25, 0.3) is 0 Å². The number of nitro benzene ring substituents is 1. The zero-order valence-corrected chi connectivity index (χ0v) is 13.2. The van der Waals surface area contributed by atoms with Crippen molar-refractivity contribution in [2.24, 2.45) is 0 Å². The molecule has 7 nitrogen and oxygen atoms in total. The van der Waals surface area contributed by atoms with Crippen molar-refractivity contribution in [3.05, 3.63) is 28.3 Å². The van der Waals surface area contributed by atoms with Crippen molar-refractivity contribution >= 4 is 21.4 Å². The number of benzene rings is 1. The van der Waals surface area contributed by atoms with Gasteiger partial charge in [-0.2, -0.15) is 0 Å². The molecule has 0 aromatic heterocycles. The Hall–Kier alpha value is -1.67. The van der Waals surface area contributed by atoms with E-state index in [4.69, 9.17) is 0 Å². The Balaban J connectivity index is 3.19. The van der Waals surface area contributed by atoms with Crippen LogP contribution in [0.1, 0.15) is 33.6 Å². The average Bonchev–Trinajstić information content (AvgIpc) is 2.38. The van der Waals surface area contributed by atoms with Crippen molar-refractivity contribution in [1.29, 1.82) is 0 Å². The lowest BCUT2D eigenvalue weighted by Gasteiger charge is -2.14. The third-order valence-corrected chi connectivity index (χ3v) is 4.54. The zero-order valence-electron chi connectivity index (χ0n) is 12.4. The van der Waals surface area contributed by atoms with E-state index in [2.05, 4.69) is 10.0 Å². The molecule has 1 unspecified atom stereocenters. The second kappa shape index (κ2) is 7.37. The number of anilines is 1. The Bertz CT molecular complexity index is 601. The number of hydrogen-bond acceptors (Lipinski definition) is 5. The molecule has 1 atom stereocenters. The van der Waals surface area contributed by atoms with Crippen molar-refractivity contribution in [2.75, 3.05) is 11.9 Å². The van der Waals surface area contributed by atoms with Crippen molar-refractivity contribution in [2.45, 2.75) is 44.6 Å². The first-order valence-corrected chi connectivity index (χ1v) is 8.34. The van der Waals surface area contributed by atoms with Gasteiger partial charge in [0.2, 0.25) is 10.0 Å². The molecule has 0 fully saturated rings. The molecule has 0 saturated carbocycles. The number of hydrogen-bond donors (Lipinski definition) is 2. The van der Waals surface area contributed by atoms with Crippen molar-refractivity contribution < 1.29 is 13.3 Å². The average molecular weight is 315 g/mol. The normalized spacial score (nSPS) is 12.9. The highest BCUT2D eigenvalue weighted by atomic mass is 32.2. The quantitative estimate of drug-likeness (QED) is 0.567. The Kier molecular flexibility index (Phi) is 6.10. The van der Waals surface area contributed by atoms with E-state index in [0.29, 0.717) is 18.7 Å². The fourth-order valence-corrected chi connectivity index (χ4v) is 3.45. The van der Waals surface area contributed by atoms with Gasteiger partial charge in [-0.25, -0.2) is 13.1 Å². The van der Waals surface area contributed by atoms with Crippen molar-refractivity contribution in [1.82, 2.24) is 4.72 Å². The van der Waals surface area contributed by atoms with Crippen LogP contribution in [0.3, 0.4) is 0 Å². The second-order valence-electron chi connectivity index (χ2n) is 4.78. The molecule has 0 aliphatic heterocycles. The van der Waals surface area contributed by atoms with Gasteiger partial charge in [-0.1, -0.05) is 13.3 Å². The molecule has 118 valence electrons. The van der Waals surface area contributed by atoms with Crippen molar-refractivity contribution in [3.8, 4) is 0 Å². The van der Waals surface area contributed by atoms with E-state index in [9.17, 15) is 18.5 Å². The van der Waals surface area contributed by atoms with Gasteiger partial charge in [-0.05, 0) is 32.4 Å². The minimum Gasteiger partial charge on any atom is -0.385 e. The fourth-order valence-electron chi connectivity index (χ4n) is 2.02. The van der Waals surface area contributed by atoms with E-state index >= 15 is 0 Å². The van der Waals surface area contributed by atoms with E-state index < -0.39 is 20.6 Å². The van der Waals surface area contributed by atoms with E-state index in [0.717, 1.165) is 6.42 Å². The zero-order chi connectivity index (χ0) is 16.0. The minimum atomic E-state index is -3.91. The standard InChI is InChI=1S/C13H21N3O4S/c1-4-6-10(3)15-21(19,20)13-8-7-11(14-5-2)9-12(13)16(17)18/h7-10,14-15H,4-6H2,1-3H3. The van der Waals surface area contributed by atoms with Gasteiger partial charge in [0, 0.05) is 24.3 Å². The van der Waals surface area contributed by atoms with Crippen LogP contribution in [-0.2, 0) is 10.0 Å². The molecule has 21 heavy (non-hydrogen) atoms. The molecule has 0 aliphatic carbocycles. The molecule has 1 rings (SSSR count). The molecule has 8 heteroatoms. The summed E-state index contributed by atoms with van der Waals surface area (Å²) in [5, 5.41) is 14.0. The van der Waals surface area contributed by atoms with Crippen LogP contribution >= 0.6 is 0 Å². The largest absolute Gasteiger partial charge is 0.385 e. The number of nitrogens with one attached hydrogen (secondary N) is 2. The molecule has 0 aliphatic rings. The summed E-state index contributed by atoms with van der Waals surface area (Å²) in [6, 6.07) is 3.75.